The Balaban J connectivity index is 1.33. The van der Waals surface area contributed by atoms with E-state index in [0.717, 1.165) is 51.4 Å². The zero-order valence-corrected chi connectivity index (χ0v) is 24.7. The normalized spacial score (nSPS) is 39.0. The van der Waals surface area contributed by atoms with Crippen molar-refractivity contribution in [2.75, 3.05) is 41.0 Å². The van der Waals surface area contributed by atoms with Gasteiger partial charge in [0.1, 0.15) is 25.0 Å². The van der Waals surface area contributed by atoms with Crippen LogP contribution in [0.3, 0.4) is 0 Å². The summed E-state index contributed by atoms with van der Waals surface area (Å²) in [6, 6.07) is -0.0470. The van der Waals surface area contributed by atoms with Crippen molar-refractivity contribution < 1.29 is 32.5 Å². The van der Waals surface area contributed by atoms with E-state index < -0.39 is 7.15 Å². The lowest BCUT2D eigenvalue weighted by Crippen LogP contribution is -2.50. The molecule has 206 valence electrons. The topological polar surface area (TPSA) is 88.1 Å². The van der Waals surface area contributed by atoms with E-state index in [0.29, 0.717) is 52.9 Å². The number of quaternary nitrogens is 1. The summed E-state index contributed by atoms with van der Waals surface area (Å²) in [5.74, 6) is 2.24. The van der Waals surface area contributed by atoms with Gasteiger partial charge in [-0.2, -0.15) is 4.52 Å². The van der Waals surface area contributed by atoms with Gasteiger partial charge in [-0.05, 0) is 75.0 Å². The molecule has 0 bridgehead atoms. The Morgan fingerprint density at radius 1 is 1.17 bits per heavy atom. The Kier molecular flexibility index (Phi) is 8.72. The van der Waals surface area contributed by atoms with Crippen molar-refractivity contribution in [2.45, 2.75) is 84.3 Å². The third-order valence-electron chi connectivity index (χ3n) is 10.1. The molecule has 4 aliphatic rings. The van der Waals surface area contributed by atoms with Gasteiger partial charge >= 0.3 is 7.15 Å². The van der Waals surface area contributed by atoms with Crippen molar-refractivity contribution in [1.29, 1.82) is 0 Å². The number of hydrogen-bond donors (Lipinski definition) is 1. The summed E-state index contributed by atoms with van der Waals surface area (Å²) in [5.41, 5.74) is 1.50. The van der Waals surface area contributed by atoms with Crippen molar-refractivity contribution in [2.24, 2.45) is 28.6 Å². The molecule has 0 aromatic carbocycles. The molecule has 2 unspecified atom stereocenters. The van der Waals surface area contributed by atoms with Gasteiger partial charge in [0.2, 0.25) is 11.7 Å². The largest absolute Gasteiger partial charge is 0.620 e. The van der Waals surface area contributed by atoms with Crippen LogP contribution in [0.4, 0.5) is 0 Å². The highest BCUT2D eigenvalue weighted by molar-refractivity contribution is 8.54. The molecule has 3 fully saturated rings. The van der Waals surface area contributed by atoms with Crippen LogP contribution in [-0.2, 0) is 18.2 Å². The quantitative estimate of drug-likeness (QED) is 0.184. The van der Waals surface area contributed by atoms with E-state index in [1.54, 1.807) is 0 Å². The summed E-state index contributed by atoms with van der Waals surface area (Å²) in [6.07, 6.45) is 10.1. The second kappa shape index (κ2) is 10.8. The molecule has 0 heterocycles. The molecule has 3 saturated carbocycles. The first-order chi connectivity index (χ1) is 16.8. The molecule has 8 atom stereocenters. The second-order valence-electron chi connectivity index (χ2n) is 12.9. The van der Waals surface area contributed by atoms with Crippen molar-refractivity contribution in [1.82, 2.24) is 0 Å². The van der Waals surface area contributed by atoms with E-state index in [1.807, 2.05) is 28.1 Å². The molecule has 1 N–H and O–H groups in total. The highest BCUT2D eigenvalue weighted by Crippen LogP contribution is 2.65. The Morgan fingerprint density at radius 3 is 2.56 bits per heavy atom. The molecule has 0 aromatic heterocycles. The van der Waals surface area contributed by atoms with Gasteiger partial charge < -0.3 is 14.1 Å². The van der Waals surface area contributed by atoms with Gasteiger partial charge in [-0.3, -0.25) is 8.98 Å². The molecule has 4 rings (SSSR count). The fourth-order valence-corrected chi connectivity index (χ4v) is 9.35. The summed E-state index contributed by atoms with van der Waals surface area (Å²) >= 11 is 0.611. The molecule has 0 saturated heterocycles. The molecular formula is C27H47NO6PS+. The molecule has 0 radical (unpaired) electrons. The van der Waals surface area contributed by atoms with Crippen LogP contribution in [0.1, 0.15) is 72.1 Å². The van der Waals surface area contributed by atoms with Gasteiger partial charge in [-0.25, -0.2) is 4.89 Å². The number of carbonyl (C=O) groups excluding carboxylic acids is 1. The maximum Gasteiger partial charge on any atom is 0.325 e. The summed E-state index contributed by atoms with van der Waals surface area (Å²) < 4.78 is 17.5. The molecule has 9 heteroatoms. The van der Waals surface area contributed by atoms with Crippen LogP contribution in [0.25, 0.3) is 0 Å². The minimum atomic E-state index is -3.94. The maximum atomic E-state index is 12.7. The van der Waals surface area contributed by atoms with E-state index in [9.17, 15) is 14.6 Å². The number of rotatable bonds is 10. The van der Waals surface area contributed by atoms with Gasteiger partial charge in [0, 0.05) is 18.4 Å². The molecule has 0 aromatic rings. The summed E-state index contributed by atoms with van der Waals surface area (Å²) in [4.78, 5) is 35.8. The molecule has 36 heavy (non-hydrogen) atoms. The molecule has 7 nitrogen and oxygen atoms in total. The highest BCUT2D eigenvalue weighted by Gasteiger charge is 2.58. The van der Waals surface area contributed by atoms with Crippen LogP contribution in [0.5, 0.6) is 0 Å². The van der Waals surface area contributed by atoms with Gasteiger partial charge in [0.05, 0.1) is 27.2 Å². The van der Waals surface area contributed by atoms with Crippen molar-refractivity contribution in [3.05, 3.63) is 11.6 Å². The zero-order chi connectivity index (χ0) is 26.4. The average Bonchev–Trinajstić information content (AvgIpc) is 3.11. The van der Waals surface area contributed by atoms with E-state index in [4.69, 9.17) is 13.4 Å². The fourth-order valence-electron chi connectivity index (χ4n) is 7.55. The zero-order valence-electron chi connectivity index (χ0n) is 23.0. The number of carbonyl (C=O) groups is 1. The SMILES string of the molecule is CCOCC(CO[P+]([O-])(O)SO[C@H]1CC[C@@]2(C)C(=CC[C@@H]3[C@@H]2CC[C@]2(C)C(=O)CC[C@@H]32)C1)[N+](C)(C)C. The van der Waals surface area contributed by atoms with E-state index in [-0.39, 0.29) is 29.6 Å². The summed E-state index contributed by atoms with van der Waals surface area (Å²) in [7, 11) is 2.14. The molecular weight excluding hydrogens is 497 g/mol. The molecule has 4 aliphatic carbocycles. The third kappa shape index (κ3) is 5.77. The van der Waals surface area contributed by atoms with Crippen molar-refractivity contribution >= 4 is 24.6 Å². The van der Waals surface area contributed by atoms with E-state index >= 15 is 0 Å². The lowest BCUT2D eigenvalue weighted by atomic mass is 9.48. The predicted molar refractivity (Wildman–Crippen MR) is 143 cm³/mol. The van der Waals surface area contributed by atoms with Crippen LogP contribution >= 0.6 is 18.8 Å². The predicted octanol–water partition coefficient (Wildman–Crippen LogP) is 4.71. The fraction of sp³-hybridized carbons (Fsp3) is 0.889. The van der Waals surface area contributed by atoms with Crippen LogP contribution in [-0.4, -0.2) is 68.3 Å². The van der Waals surface area contributed by atoms with Crippen LogP contribution in [0, 0.1) is 28.6 Å². The number of allylic oxidation sites excluding steroid dienone is 1. The number of ether oxygens (including phenoxy) is 1. The lowest BCUT2D eigenvalue weighted by molar-refractivity contribution is -0.896. The highest BCUT2D eigenvalue weighted by atomic mass is 32.8. The number of hydrogen-bond acceptors (Lipinski definition) is 7. The van der Waals surface area contributed by atoms with Crippen LogP contribution in [0.15, 0.2) is 11.6 Å². The minimum absolute atomic E-state index is 0.0470. The lowest BCUT2D eigenvalue weighted by Gasteiger charge is -2.56. The smallest absolute Gasteiger partial charge is 0.325 e. The summed E-state index contributed by atoms with van der Waals surface area (Å²) in [5, 5.41) is 0. The number of likely N-dealkylation sites (N-methyl/N-ethyl adjacent to an activating group) is 1. The van der Waals surface area contributed by atoms with Gasteiger partial charge in [0.25, 0.3) is 0 Å². The van der Waals surface area contributed by atoms with E-state index in [2.05, 4.69) is 19.9 Å². The first-order valence-electron chi connectivity index (χ1n) is 13.7. The van der Waals surface area contributed by atoms with Crippen molar-refractivity contribution in [3.8, 4) is 0 Å². The van der Waals surface area contributed by atoms with Crippen molar-refractivity contribution in [3.63, 3.8) is 0 Å². The van der Waals surface area contributed by atoms with E-state index in [1.165, 1.54) is 5.57 Å². The Hall–Kier alpha value is -0.0500. The maximum absolute atomic E-state index is 12.7. The number of nitrogens with zero attached hydrogens (tertiary/aromatic N) is 1. The molecule has 0 spiro atoms. The minimum Gasteiger partial charge on any atom is -0.620 e. The van der Waals surface area contributed by atoms with Crippen LogP contribution in [0.2, 0.25) is 0 Å². The van der Waals surface area contributed by atoms with Gasteiger partial charge in [-0.15, -0.1) is 0 Å². The number of fused-ring (bicyclic) bond motifs is 5. The first-order valence-corrected chi connectivity index (χ1v) is 16.7. The average molecular weight is 545 g/mol. The molecule has 0 aliphatic heterocycles. The van der Waals surface area contributed by atoms with Crippen LogP contribution < -0.4 is 4.89 Å². The number of ketones is 1. The summed E-state index contributed by atoms with van der Waals surface area (Å²) in [6.45, 7) is 7.78. The second-order valence-corrected chi connectivity index (χ2v) is 16.3. The van der Waals surface area contributed by atoms with Gasteiger partial charge in [-0.1, -0.05) is 25.5 Å². The third-order valence-corrected chi connectivity index (χ3v) is 12.2. The first kappa shape index (κ1) is 28.9. The monoisotopic (exact) mass is 544 g/mol. The Morgan fingerprint density at radius 2 is 1.86 bits per heavy atom. The Labute approximate surface area is 222 Å². The Bertz CT molecular complexity index is 847. The number of Topliss-reactive ketones (excluding diaryl/α,β-unsaturated/α-hetero) is 1. The standard InChI is InChI=1S/C27H46NO6PS/c1-7-32-17-20(28(4,5)6)18-33-35(30,31)36-34-21-12-14-26(2)19(16-21)8-9-22-23-10-11-25(29)27(23,3)15-13-24(22)26/h8,20-24H,7,9-18H2,1-6H3/p+1/t20?,21-,22-,23-,24-,26-,27-/m0/s1. The molecule has 0 amide bonds. The van der Waals surface area contributed by atoms with Gasteiger partial charge in [0.15, 0.2) is 0 Å².